The minimum atomic E-state index is -4.92. The van der Waals surface area contributed by atoms with Gasteiger partial charge in [-0.05, 0) is 17.7 Å². The Morgan fingerprint density at radius 1 is 1.53 bits per heavy atom. The fraction of sp³-hybridized carbons (Fsp3) is 0.143. The van der Waals surface area contributed by atoms with Gasteiger partial charge in [0.2, 0.25) is 5.88 Å². The van der Waals surface area contributed by atoms with E-state index in [2.05, 4.69) is 9.72 Å². The van der Waals surface area contributed by atoms with Gasteiger partial charge >= 0.3 is 6.36 Å². The van der Waals surface area contributed by atoms with Gasteiger partial charge in [-0.3, -0.25) is 4.79 Å². The van der Waals surface area contributed by atoms with E-state index in [1.807, 2.05) is 0 Å². The Morgan fingerprint density at radius 3 is 2.60 bits per heavy atom. The Hall–Kier alpha value is -1.50. The van der Waals surface area contributed by atoms with Gasteiger partial charge in [0.25, 0.3) is 5.24 Å². The van der Waals surface area contributed by atoms with Crippen LogP contribution in [0, 0.1) is 0 Å². The van der Waals surface area contributed by atoms with Crippen molar-refractivity contribution >= 4 is 22.5 Å². The van der Waals surface area contributed by atoms with Crippen molar-refractivity contribution in [3.05, 3.63) is 17.8 Å². The van der Waals surface area contributed by atoms with Gasteiger partial charge in [-0.25, -0.2) is 4.98 Å². The van der Waals surface area contributed by atoms with Crippen LogP contribution in [0.2, 0.25) is 0 Å². The molecular weight excluding hydrogens is 237 g/mol. The average Bonchev–Trinajstić information content (AvgIpc) is 2.05. The van der Waals surface area contributed by atoms with Crippen LogP contribution >= 0.6 is 11.6 Å². The predicted octanol–water partition coefficient (Wildman–Crippen LogP) is 1.94. The Kier molecular flexibility index (Phi) is 3.04. The van der Waals surface area contributed by atoms with Crippen molar-refractivity contribution in [2.45, 2.75) is 6.36 Å². The second-order valence-electron chi connectivity index (χ2n) is 2.40. The molecule has 1 rings (SSSR count). The Morgan fingerprint density at radius 2 is 2.13 bits per heavy atom. The van der Waals surface area contributed by atoms with Crippen LogP contribution in [-0.2, 0) is 0 Å². The largest absolute Gasteiger partial charge is 0.574 e. The average molecular weight is 241 g/mol. The standard InChI is InChI=1S/C7H4ClF3N2O2/c8-5(14)3-1-2-13-6(4(3)12)15-7(9,10)11/h1-2H,12H2. The molecule has 82 valence electrons. The summed E-state index contributed by atoms with van der Waals surface area (Å²) in [6.45, 7) is 0. The number of nitrogens with two attached hydrogens (primary N) is 1. The molecule has 0 radical (unpaired) electrons. The Bertz CT molecular complexity index is 394. The van der Waals surface area contributed by atoms with Gasteiger partial charge in [-0.1, -0.05) is 0 Å². The number of rotatable bonds is 2. The fourth-order valence-corrected chi connectivity index (χ4v) is 0.981. The number of carbonyl (C=O) groups excluding carboxylic acids is 1. The van der Waals surface area contributed by atoms with E-state index in [1.54, 1.807) is 0 Å². The maximum Gasteiger partial charge on any atom is 0.574 e. The SMILES string of the molecule is Nc1c(C(=O)Cl)ccnc1OC(F)(F)F. The summed E-state index contributed by atoms with van der Waals surface area (Å²) in [6.07, 6.45) is -3.98. The van der Waals surface area contributed by atoms with Crippen molar-refractivity contribution in [2.75, 3.05) is 5.73 Å². The van der Waals surface area contributed by atoms with E-state index < -0.39 is 23.2 Å². The first kappa shape index (κ1) is 11.6. The molecule has 1 heterocycles. The van der Waals surface area contributed by atoms with E-state index in [-0.39, 0.29) is 5.56 Å². The number of halogens is 4. The van der Waals surface area contributed by atoms with Crippen molar-refractivity contribution in [2.24, 2.45) is 0 Å². The lowest BCUT2D eigenvalue weighted by molar-refractivity contribution is -0.275. The van der Waals surface area contributed by atoms with Crippen molar-refractivity contribution in [1.29, 1.82) is 0 Å². The van der Waals surface area contributed by atoms with E-state index in [0.717, 1.165) is 12.3 Å². The predicted molar refractivity (Wildman–Crippen MR) is 45.5 cm³/mol. The Labute approximate surface area is 86.8 Å². The highest BCUT2D eigenvalue weighted by Crippen LogP contribution is 2.28. The van der Waals surface area contributed by atoms with Crippen molar-refractivity contribution < 1.29 is 22.7 Å². The maximum absolute atomic E-state index is 11.8. The van der Waals surface area contributed by atoms with Crippen molar-refractivity contribution in [3.8, 4) is 5.88 Å². The lowest BCUT2D eigenvalue weighted by atomic mass is 10.2. The zero-order chi connectivity index (χ0) is 11.6. The van der Waals surface area contributed by atoms with E-state index in [0.29, 0.717) is 0 Å². The summed E-state index contributed by atoms with van der Waals surface area (Å²) in [7, 11) is 0. The summed E-state index contributed by atoms with van der Waals surface area (Å²) in [6, 6.07) is 1.09. The monoisotopic (exact) mass is 240 g/mol. The van der Waals surface area contributed by atoms with Gasteiger partial charge in [0.1, 0.15) is 5.69 Å². The Balaban J connectivity index is 3.10. The number of aromatic nitrogens is 1. The van der Waals surface area contributed by atoms with Crippen LogP contribution in [0.4, 0.5) is 18.9 Å². The molecule has 0 fully saturated rings. The fourth-order valence-electron chi connectivity index (χ4n) is 0.816. The minimum Gasteiger partial charge on any atom is -0.394 e. The highest BCUT2D eigenvalue weighted by Gasteiger charge is 2.33. The lowest BCUT2D eigenvalue weighted by Crippen LogP contribution is -2.19. The molecule has 0 spiro atoms. The topological polar surface area (TPSA) is 65.2 Å². The lowest BCUT2D eigenvalue weighted by Gasteiger charge is -2.10. The number of ether oxygens (including phenoxy) is 1. The van der Waals surface area contributed by atoms with Crippen LogP contribution in [0.5, 0.6) is 5.88 Å². The number of carbonyl (C=O) groups is 1. The third-order valence-electron chi connectivity index (χ3n) is 1.38. The van der Waals surface area contributed by atoms with Gasteiger partial charge in [0, 0.05) is 6.20 Å². The number of alkyl halides is 3. The summed E-state index contributed by atoms with van der Waals surface area (Å²) < 4.78 is 38.9. The van der Waals surface area contributed by atoms with Crippen LogP contribution in [0.1, 0.15) is 10.4 Å². The van der Waals surface area contributed by atoms with Gasteiger partial charge in [0.05, 0.1) is 5.56 Å². The van der Waals surface area contributed by atoms with Gasteiger partial charge in [-0.15, -0.1) is 13.2 Å². The van der Waals surface area contributed by atoms with Gasteiger partial charge in [0.15, 0.2) is 0 Å². The van der Waals surface area contributed by atoms with Gasteiger partial charge < -0.3 is 10.5 Å². The van der Waals surface area contributed by atoms with Crippen LogP contribution in [-0.4, -0.2) is 16.6 Å². The molecule has 0 saturated heterocycles. The molecule has 15 heavy (non-hydrogen) atoms. The number of nitrogen functional groups attached to an aromatic ring is 1. The molecule has 0 aromatic carbocycles. The maximum atomic E-state index is 11.8. The molecule has 0 atom stereocenters. The number of anilines is 1. The summed E-state index contributed by atoms with van der Waals surface area (Å²) in [4.78, 5) is 13.9. The normalized spacial score (nSPS) is 11.2. The first-order valence-electron chi connectivity index (χ1n) is 3.51. The summed E-state index contributed by atoms with van der Waals surface area (Å²) in [5.41, 5.74) is 4.37. The third kappa shape index (κ3) is 2.98. The molecule has 0 amide bonds. The molecule has 8 heteroatoms. The molecule has 1 aromatic heterocycles. The van der Waals surface area contributed by atoms with Crippen LogP contribution < -0.4 is 10.5 Å². The van der Waals surface area contributed by atoms with E-state index in [9.17, 15) is 18.0 Å². The molecule has 0 bridgehead atoms. The zero-order valence-corrected chi connectivity index (χ0v) is 7.76. The highest BCUT2D eigenvalue weighted by molar-refractivity contribution is 6.68. The van der Waals surface area contributed by atoms with Gasteiger partial charge in [-0.2, -0.15) is 0 Å². The molecule has 4 nitrogen and oxygen atoms in total. The molecule has 2 N–H and O–H groups in total. The summed E-state index contributed by atoms with van der Waals surface area (Å²) in [5, 5.41) is -0.984. The molecule has 1 aromatic rings. The van der Waals surface area contributed by atoms with E-state index in [1.165, 1.54) is 0 Å². The van der Waals surface area contributed by atoms with E-state index in [4.69, 9.17) is 17.3 Å². The molecule has 0 saturated carbocycles. The second kappa shape index (κ2) is 3.93. The quantitative estimate of drug-likeness (QED) is 0.803. The van der Waals surface area contributed by atoms with Crippen molar-refractivity contribution in [1.82, 2.24) is 4.98 Å². The number of hydrogen-bond donors (Lipinski definition) is 1. The molecular formula is C7H4ClF3N2O2. The van der Waals surface area contributed by atoms with Crippen LogP contribution in [0.3, 0.4) is 0 Å². The number of nitrogens with zero attached hydrogens (tertiary/aromatic N) is 1. The molecule has 0 aliphatic carbocycles. The molecule has 0 unspecified atom stereocenters. The number of hydrogen-bond acceptors (Lipinski definition) is 4. The van der Waals surface area contributed by atoms with E-state index >= 15 is 0 Å². The van der Waals surface area contributed by atoms with Crippen LogP contribution in [0.25, 0.3) is 0 Å². The smallest absolute Gasteiger partial charge is 0.394 e. The van der Waals surface area contributed by atoms with Crippen molar-refractivity contribution in [3.63, 3.8) is 0 Å². The molecule has 0 aliphatic rings. The molecule has 0 aliphatic heterocycles. The first-order valence-corrected chi connectivity index (χ1v) is 3.89. The van der Waals surface area contributed by atoms with Crippen LogP contribution in [0.15, 0.2) is 12.3 Å². The minimum absolute atomic E-state index is 0.286. The summed E-state index contributed by atoms with van der Waals surface area (Å²) >= 11 is 5.07. The summed E-state index contributed by atoms with van der Waals surface area (Å²) in [5.74, 6) is -0.894. The third-order valence-corrected chi connectivity index (χ3v) is 1.58. The first-order chi connectivity index (χ1) is 6.81. The highest BCUT2D eigenvalue weighted by atomic mass is 35.5. The number of pyridine rings is 1. The zero-order valence-electron chi connectivity index (χ0n) is 7.01. The second-order valence-corrected chi connectivity index (χ2v) is 2.74.